The van der Waals surface area contributed by atoms with Crippen molar-refractivity contribution in [3.05, 3.63) is 0 Å². The number of halogens is 1. The number of aliphatic hydroxyl groups excluding tert-OH is 1. The van der Waals surface area contributed by atoms with Crippen molar-refractivity contribution in [1.82, 2.24) is 10.2 Å². The van der Waals surface area contributed by atoms with E-state index < -0.39 is 5.60 Å². The van der Waals surface area contributed by atoms with Crippen molar-refractivity contribution < 1.29 is 14.6 Å². The summed E-state index contributed by atoms with van der Waals surface area (Å²) in [6.07, 6.45) is -0.344. The fourth-order valence-electron chi connectivity index (χ4n) is 1.48. The summed E-state index contributed by atoms with van der Waals surface area (Å²) in [6.45, 7) is 7.42. The smallest absolute Gasteiger partial charge is 0.410 e. The predicted octanol–water partition coefficient (Wildman–Crippen LogP) is 0.609. The Morgan fingerprint density at radius 1 is 1.56 bits per heavy atom. The van der Waals surface area contributed by atoms with Gasteiger partial charge in [-0.2, -0.15) is 0 Å². The number of rotatable bonds is 1. The number of nitrogens with zero attached hydrogens (tertiary/aromatic N) is 1. The Hall–Kier alpha value is -0.520. The lowest BCUT2D eigenvalue weighted by atomic mass is 10.2. The van der Waals surface area contributed by atoms with E-state index in [0.717, 1.165) is 6.54 Å². The van der Waals surface area contributed by atoms with E-state index in [1.165, 1.54) is 0 Å². The minimum Gasteiger partial charge on any atom is -0.444 e. The summed E-state index contributed by atoms with van der Waals surface area (Å²) in [4.78, 5) is 13.3. The van der Waals surface area contributed by atoms with Gasteiger partial charge in [-0.1, -0.05) is 0 Å². The quantitative estimate of drug-likeness (QED) is 0.718. The number of hydrogen-bond donors (Lipinski definition) is 2. The van der Waals surface area contributed by atoms with Gasteiger partial charge >= 0.3 is 6.09 Å². The third kappa shape index (κ3) is 4.55. The summed E-state index contributed by atoms with van der Waals surface area (Å²) in [6, 6.07) is -0.173. The van der Waals surface area contributed by atoms with E-state index in [-0.39, 0.29) is 31.1 Å². The Labute approximate surface area is 103 Å². The number of aliphatic hydroxyl groups is 1. The molecule has 1 amide bonds. The molecule has 1 atom stereocenters. The number of nitrogens with one attached hydrogen (secondary N) is 1. The van der Waals surface area contributed by atoms with E-state index in [2.05, 4.69) is 5.32 Å². The van der Waals surface area contributed by atoms with E-state index in [1.807, 2.05) is 20.8 Å². The van der Waals surface area contributed by atoms with Crippen molar-refractivity contribution in [2.24, 2.45) is 0 Å². The zero-order valence-electron chi connectivity index (χ0n) is 10.0. The SMILES string of the molecule is CC(C)(C)OC(=O)N1CCNC[C@@H]1CO.Cl. The van der Waals surface area contributed by atoms with Crippen LogP contribution in [-0.2, 0) is 4.74 Å². The highest BCUT2D eigenvalue weighted by Crippen LogP contribution is 2.12. The van der Waals surface area contributed by atoms with Crippen LogP contribution in [0.15, 0.2) is 0 Å². The van der Waals surface area contributed by atoms with E-state index >= 15 is 0 Å². The minimum atomic E-state index is -0.484. The van der Waals surface area contributed by atoms with E-state index in [0.29, 0.717) is 13.1 Å². The lowest BCUT2D eigenvalue weighted by molar-refractivity contribution is 0.00465. The van der Waals surface area contributed by atoms with Gasteiger partial charge in [0.05, 0.1) is 12.6 Å². The molecule has 2 N–H and O–H groups in total. The lowest BCUT2D eigenvalue weighted by Crippen LogP contribution is -2.56. The van der Waals surface area contributed by atoms with Gasteiger partial charge in [-0.05, 0) is 20.8 Å². The van der Waals surface area contributed by atoms with Crippen LogP contribution in [0.5, 0.6) is 0 Å². The van der Waals surface area contributed by atoms with E-state index in [1.54, 1.807) is 4.90 Å². The van der Waals surface area contributed by atoms with Gasteiger partial charge in [-0.3, -0.25) is 0 Å². The van der Waals surface area contributed by atoms with Crippen molar-refractivity contribution in [1.29, 1.82) is 0 Å². The first kappa shape index (κ1) is 15.5. The highest BCUT2D eigenvalue weighted by molar-refractivity contribution is 5.85. The molecule has 0 radical (unpaired) electrons. The second-order valence-electron chi connectivity index (χ2n) is 4.71. The van der Waals surface area contributed by atoms with Crippen molar-refractivity contribution in [3.8, 4) is 0 Å². The molecule has 1 rings (SSSR count). The van der Waals surface area contributed by atoms with Gasteiger partial charge < -0.3 is 20.1 Å². The molecule has 6 heteroatoms. The standard InChI is InChI=1S/C10H20N2O3.ClH/c1-10(2,3)15-9(14)12-5-4-11-6-8(12)7-13;/h8,11,13H,4-7H2,1-3H3;1H/t8-;/m1./s1. The molecule has 0 aromatic rings. The van der Waals surface area contributed by atoms with E-state index in [4.69, 9.17) is 9.84 Å². The molecule has 0 aromatic heterocycles. The van der Waals surface area contributed by atoms with Gasteiger partial charge in [0.25, 0.3) is 0 Å². The molecule has 96 valence electrons. The summed E-state index contributed by atoms with van der Waals surface area (Å²) < 4.78 is 5.26. The van der Waals surface area contributed by atoms with Crippen molar-refractivity contribution >= 4 is 18.5 Å². The van der Waals surface area contributed by atoms with Gasteiger partial charge in [0.2, 0.25) is 0 Å². The monoisotopic (exact) mass is 252 g/mol. The third-order valence-corrected chi connectivity index (χ3v) is 2.19. The van der Waals surface area contributed by atoms with Crippen LogP contribution < -0.4 is 5.32 Å². The van der Waals surface area contributed by atoms with E-state index in [9.17, 15) is 4.79 Å². The maximum atomic E-state index is 11.7. The Morgan fingerprint density at radius 2 is 2.19 bits per heavy atom. The summed E-state index contributed by atoms with van der Waals surface area (Å²) in [5.74, 6) is 0. The first-order chi connectivity index (χ1) is 6.94. The molecule has 0 bridgehead atoms. The van der Waals surface area contributed by atoms with Crippen LogP contribution in [0.4, 0.5) is 4.79 Å². The zero-order valence-corrected chi connectivity index (χ0v) is 10.8. The fourth-order valence-corrected chi connectivity index (χ4v) is 1.48. The van der Waals surface area contributed by atoms with Crippen LogP contribution in [0.25, 0.3) is 0 Å². The molecular weight excluding hydrogens is 232 g/mol. The first-order valence-electron chi connectivity index (χ1n) is 5.25. The number of ether oxygens (including phenoxy) is 1. The van der Waals surface area contributed by atoms with Crippen LogP contribution >= 0.6 is 12.4 Å². The Balaban J connectivity index is 0.00000225. The van der Waals surface area contributed by atoms with Gasteiger partial charge in [-0.25, -0.2) is 4.79 Å². The molecular formula is C10H21ClN2O3. The van der Waals surface area contributed by atoms with Gasteiger partial charge in [0, 0.05) is 19.6 Å². The molecule has 1 aliphatic rings. The molecule has 16 heavy (non-hydrogen) atoms. The molecule has 5 nitrogen and oxygen atoms in total. The van der Waals surface area contributed by atoms with Gasteiger partial charge in [0.15, 0.2) is 0 Å². The highest BCUT2D eigenvalue weighted by atomic mass is 35.5. The summed E-state index contributed by atoms with van der Waals surface area (Å²) >= 11 is 0. The van der Waals surface area contributed by atoms with Crippen LogP contribution in [0, 0.1) is 0 Å². The van der Waals surface area contributed by atoms with Crippen molar-refractivity contribution in [2.45, 2.75) is 32.4 Å². The third-order valence-electron chi connectivity index (χ3n) is 2.19. The second-order valence-corrected chi connectivity index (χ2v) is 4.71. The molecule has 0 spiro atoms. The van der Waals surface area contributed by atoms with Crippen LogP contribution in [0.3, 0.4) is 0 Å². The minimum absolute atomic E-state index is 0. The first-order valence-corrected chi connectivity index (χ1v) is 5.25. The summed E-state index contributed by atoms with van der Waals surface area (Å²) in [7, 11) is 0. The molecule has 0 aromatic carbocycles. The largest absolute Gasteiger partial charge is 0.444 e. The number of hydrogen-bond acceptors (Lipinski definition) is 4. The fraction of sp³-hybridized carbons (Fsp3) is 0.900. The zero-order chi connectivity index (χ0) is 11.5. The predicted molar refractivity (Wildman–Crippen MR) is 63.9 cm³/mol. The Bertz CT molecular complexity index is 231. The van der Waals surface area contributed by atoms with Crippen molar-refractivity contribution in [3.63, 3.8) is 0 Å². The van der Waals surface area contributed by atoms with Crippen LogP contribution in [0.2, 0.25) is 0 Å². The van der Waals surface area contributed by atoms with Gasteiger partial charge in [-0.15, -0.1) is 12.4 Å². The van der Waals surface area contributed by atoms with Crippen LogP contribution in [0.1, 0.15) is 20.8 Å². The number of piperazine rings is 1. The highest BCUT2D eigenvalue weighted by Gasteiger charge is 2.29. The Morgan fingerprint density at radius 3 is 2.69 bits per heavy atom. The number of amides is 1. The molecule has 0 aliphatic carbocycles. The molecule has 1 saturated heterocycles. The summed E-state index contributed by atoms with van der Waals surface area (Å²) in [5, 5.41) is 12.2. The van der Waals surface area contributed by atoms with Crippen molar-refractivity contribution in [2.75, 3.05) is 26.2 Å². The van der Waals surface area contributed by atoms with Gasteiger partial charge in [0.1, 0.15) is 5.60 Å². The Kier molecular flexibility index (Phi) is 6.07. The molecule has 1 heterocycles. The molecule has 0 unspecified atom stereocenters. The molecule has 1 aliphatic heterocycles. The topological polar surface area (TPSA) is 61.8 Å². The maximum Gasteiger partial charge on any atom is 0.410 e. The lowest BCUT2D eigenvalue weighted by Gasteiger charge is -2.36. The molecule has 1 fully saturated rings. The number of carbonyl (C=O) groups excluding carboxylic acids is 1. The number of carbonyl (C=O) groups is 1. The van der Waals surface area contributed by atoms with Crippen LogP contribution in [-0.4, -0.2) is 54.0 Å². The maximum absolute atomic E-state index is 11.7. The average molecular weight is 253 g/mol. The normalized spacial score (nSPS) is 21.2. The average Bonchev–Trinajstić information content (AvgIpc) is 2.15. The molecule has 0 saturated carbocycles. The summed E-state index contributed by atoms with van der Waals surface area (Å²) in [5.41, 5.74) is -0.484. The second kappa shape index (κ2) is 6.27.